The van der Waals surface area contributed by atoms with Crippen LogP contribution < -0.4 is 11.5 Å². The second kappa shape index (κ2) is 2.21. The Morgan fingerprint density at radius 2 is 1.20 bits per heavy atom. The molecule has 10 heavy (non-hydrogen) atoms. The first-order valence-corrected chi connectivity index (χ1v) is 3.08. The van der Waals surface area contributed by atoms with E-state index in [1.807, 2.05) is 13.8 Å². The number of aryl methyl sites for hydroxylation is 2. The van der Waals surface area contributed by atoms with Gasteiger partial charge < -0.3 is 11.5 Å². The first kappa shape index (κ1) is 6.93. The van der Waals surface area contributed by atoms with E-state index < -0.39 is 0 Å². The summed E-state index contributed by atoms with van der Waals surface area (Å²) in [5, 5.41) is 0. The number of rotatable bonds is 0. The van der Waals surface area contributed by atoms with Crippen molar-refractivity contribution >= 4 is 11.4 Å². The van der Waals surface area contributed by atoms with E-state index in [0.717, 1.165) is 11.1 Å². The van der Waals surface area contributed by atoms with Gasteiger partial charge in [-0.15, -0.1) is 0 Å². The average molecular weight is 134 g/mol. The minimum Gasteiger partial charge on any atom is -0.397 e. The van der Waals surface area contributed by atoms with Crippen LogP contribution in [-0.4, -0.2) is 0 Å². The van der Waals surface area contributed by atoms with E-state index in [1.165, 1.54) is 0 Å². The van der Waals surface area contributed by atoms with Gasteiger partial charge in [-0.2, -0.15) is 0 Å². The van der Waals surface area contributed by atoms with E-state index in [-0.39, 0.29) is 0 Å². The van der Waals surface area contributed by atoms with Crippen LogP contribution in [0, 0.1) is 26.0 Å². The van der Waals surface area contributed by atoms with Crippen molar-refractivity contribution < 1.29 is 0 Å². The van der Waals surface area contributed by atoms with Crippen LogP contribution in [-0.2, 0) is 0 Å². The molecule has 0 fully saturated rings. The Morgan fingerprint density at radius 1 is 0.900 bits per heavy atom. The minimum absolute atomic E-state index is 0.489. The van der Waals surface area contributed by atoms with Gasteiger partial charge in [0.05, 0.1) is 11.4 Å². The number of hydrogen-bond donors (Lipinski definition) is 2. The van der Waals surface area contributed by atoms with Crippen LogP contribution in [0.4, 0.5) is 11.4 Å². The van der Waals surface area contributed by atoms with Crippen molar-refractivity contribution in [3.8, 4) is 0 Å². The van der Waals surface area contributed by atoms with Gasteiger partial charge in [-0.3, -0.25) is 0 Å². The van der Waals surface area contributed by atoms with Crippen LogP contribution in [0.15, 0.2) is 0 Å². The van der Waals surface area contributed by atoms with E-state index in [1.54, 1.807) is 0 Å². The summed E-state index contributed by atoms with van der Waals surface area (Å²) < 4.78 is 0. The lowest BCUT2D eigenvalue weighted by molar-refractivity contribution is 1.33. The topological polar surface area (TPSA) is 52.0 Å². The predicted octanol–water partition coefficient (Wildman–Crippen LogP) is 1.07. The van der Waals surface area contributed by atoms with Gasteiger partial charge in [-0.1, -0.05) is 0 Å². The summed E-state index contributed by atoms with van der Waals surface area (Å²) in [6.07, 6.45) is 0. The van der Waals surface area contributed by atoms with Crippen LogP contribution in [0.2, 0.25) is 0 Å². The molecule has 0 spiro atoms. The first-order chi connectivity index (χ1) is 4.61. The molecule has 2 heteroatoms. The molecule has 0 atom stereocenters. The predicted molar refractivity (Wildman–Crippen MR) is 42.4 cm³/mol. The molecule has 0 saturated heterocycles. The molecule has 0 bridgehead atoms. The monoisotopic (exact) mass is 134 g/mol. The lowest BCUT2D eigenvalue weighted by Crippen LogP contribution is -1.97. The molecular formula is C8H10N2. The zero-order chi connectivity index (χ0) is 7.72. The third-order valence-electron chi connectivity index (χ3n) is 1.50. The fourth-order valence-electron chi connectivity index (χ4n) is 0.726. The fraction of sp³-hybridized carbons (Fsp3) is 0.250. The molecule has 2 radical (unpaired) electrons. The summed E-state index contributed by atoms with van der Waals surface area (Å²) in [7, 11) is 0. The highest BCUT2D eigenvalue weighted by Crippen LogP contribution is 2.17. The molecule has 52 valence electrons. The normalized spacial score (nSPS) is 9.80. The third kappa shape index (κ3) is 1.05. The van der Waals surface area contributed by atoms with Crippen molar-refractivity contribution in [1.82, 2.24) is 0 Å². The largest absolute Gasteiger partial charge is 0.397 e. The number of hydrogen-bond acceptors (Lipinski definition) is 2. The lowest BCUT2D eigenvalue weighted by atomic mass is 10.1. The van der Waals surface area contributed by atoms with Gasteiger partial charge >= 0.3 is 0 Å². The highest BCUT2D eigenvalue weighted by Gasteiger charge is 1.98. The third-order valence-corrected chi connectivity index (χ3v) is 1.50. The van der Waals surface area contributed by atoms with Crippen LogP contribution in [0.5, 0.6) is 0 Å². The standard InChI is InChI=1S/C8H10N2/c1-5-3-7(9)8(10)4-6(5)2/h9-10H2,1-2H3. The lowest BCUT2D eigenvalue weighted by Gasteiger charge is -2.02. The average Bonchev–Trinajstić information content (AvgIpc) is 1.84. The Morgan fingerprint density at radius 3 is 1.50 bits per heavy atom. The summed E-state index contributed by atoms with van der Waals surface area (Å²) in [6, 6.07) is 5.86. The fourth-order valence-corrected chi connectivity index (χ4v) is 0.726. The summed E-state index contributed by atoms with van der Waals surface area (Å²) >= 11 is 0. The van der Waals surface area contributed by atoms with Gasteiger partial charge in [0, 0.05) is 12.1 Å². The molecule has 0 amide bonds. The van der Waals surface area contributed by atoms with E-state index in [2.05, 4.69) is 12.1 Å². The molecule has 2 nitrogen and oxygen atoms in total. The molecule has 0 aliphatic carbocycles. The molecule has 0 aliphatic heterocycles. The zero-order valence-corrected chi connectivity index (χ0v) is 6.15. The van der Waals surface area contributed by atoms with Gasteiger partial charge in [0.2, 0.25) is 0 Å². The van der Waals surface area contributed by atoms with Crippen molar-refractivity contribution in [1.29, 1.82) is 0 Å². The molecule has 1 aromatic carbocycles. The van der Waals surface area contributed by atoms with E-state index in [9.17, 15) is 0 Å². The Bertz CT molecular complexity index is 203. The van der Waals surface area contributed by atoms with Crippen LogP contribution in [0.3, 0.4) is 0 Å². The first-order valence-electron chi connectivity index (χ1n) is 3.08. The molecule has 0 aliphatic rings. The summed E-state index contributed by atoms with van der Waals surface area (Å²) in [5.74, 6) is 0. The molecule has 0 heterocycles. The summed E-state index contributed by atoms with van der Waals surface area (Å²) in [5.41, 5.74) is 13.9. The number of nitrogens with two attached hydrogens (primary N) is 2. The van der Waals surface area contributed by atoms with Gasteiger partial charge in [0.15, 0.2) is 0 Å². The van der Waals surface area contributed by atoms with Crippen LogP contribution >= 0.6 is 0 Å². The number of anilines is 2. The molecule has 0 unspecified atom stereocenters. The van der Waals surface area contributed by atoms with Crippen molar-refractivity contribution in [2.24, 2.45) is 0 Å². The Labute approximate surface area is 60.8 Å². The molecule has 0 saturated carbocycles. The van der Waals surface area contributed by atoms with Crippen molar-refractivity contribution in [3.05, 3.63) is 23.3 Å². The molecule has 1 aromatic rings. The van der Waals surface area contributed by atoms with Gasteiger partial charge in [-0.25, -0.2) is 0 Å². The maximum absolute atomic E-state index is 5.48. The molecule has 0 aromatic heterocycles. The van der Waals surface area contributed by atoms with Gasteiger partial charge in [0.25, 0.3) is 0 Å². The summed E-state index contributed by atoms with van der Waals surface area (Å²) in [4.78, 5) is 0. The van der Waals surface area contributed by atoms with Gasteiger partial charge in [0.1, 0.15) is 0 Å². The van der Waals surface area contributed by atoms with E-state index >= 15 is 0 Å². The van der Waals surface area contributed by atoms with Crippen LogP contribution in [0.25, 0.3) is 0 Å². The Balaban J connectivity index is 3.28. The highest BCUT2D eigenvalue weighted by atomic mass is 14.7. The van der Waals surface area contributed by atoms with Crippen LogP contribution in [0.1, 0.15) is 11.1 Å². The van der Waals surface area contributed by atoms with Crippen molar-refractivity contribution in [2.75, 3.05) is 11.5 Å². The summed E-state index contributed by atoms with van der Waals surface area (Å²) in [6.45, 7) is 3.86. The smallest absolute Gasteiger partial charge is 0.0637 e. The minimum atomic E-state index is 0.489. The van der Waals surface area contributed by atoms with E-state index in [4.69, 9.17) is 11.5 Å². The maximum Gasteiger partial charge on any atom is 0.0637 e. The van der Waals surface area contributed by atoms with Crippen molar-refractivity contribution in [3.63, 3.8) is 0 Å². The highest BCUT2D eigenvalue weighted by molar-refractivity contribution is 5.63. The van der Waals surface area contributed by atoms with E-state index in [0.29, 0.717) is 11.4 Å². The van der Waals surface area contributed by atoms with Crippen molar-refractivity contribution in [2.45, 2.75) is 13.8 Å². The van der Waals surface area contributed by atoms with Gasteiger partial charge in [-0.05, 0) is 25.0 Å². The molecule has 1 rings (SSSR count). The maximum atomic E-state index is 5.48. The Hall–Kier alpha value is -1.18. The second-order valence-electron chi connectivity index (χ2n) is 2.33. The molecular weight excluding hydrogens is 124 g/mol. The second-order valence-corrected chi connectivity index (χ2v) is 2.33. The Kier molecular flexibility index (Phi) is 1.53. The zero-order valence-electron chi connectivity index (χ0n) is 6.15. The number of benzene rings is 1. The SMILES string of the molecule is Cc1[c]c(N)c(N)[c]c1C. The quantitative estimate of drug-likeness (QED) is 0.521. The molecule has 4 N–H and O–H groups in total. The number of nitrogen functional groups attached to an aromatic ring is 2.